The number of terminal acetylenes is 1. The van der Waals surface area contributed by atoms with Gasteiger partial charge < -0.3 is 15.2 Å². The summed E-state index contributed by atoms with van der Waals surface area (Å²) in [5.74, 6) is 3.01. The molecule has 0 aromatic rings. The van der Waals surface area contributed by atoms with Crippen LogP contribution in [0, 0.1) is 24.2 Å². The number of aliphatic imine (C=N–C) groups is 3. The number of hydrogen-bond donors (Lipinski definition) is 2. The molecule has 1 saturated heterocycles. The van der Waals surface area contributed by atoms with Crippen molar-refractivity contribution in [2.75, 3.05) is 7.11 Å². The highest BCUT2D eigenvalue weighted by Crippen LogP contribution is 2.46. The number of fused-ring (bicyclic) bond motifs is 5. The van der Waals surface area contributed by atoms with Gasteiger partial charge in [-0.15, -0.1) is 6.42 Å². The second-order valence-electron chi connectivity index (χ2n) is 11.3. The van der Waals surface area contributed by atoms with Crippen molar-refractivity contribution in [3.05, 3.63) is 91.5 Å². The third-order valence-electron chi connectivity index (χ3n) is 9.08. The number of nitrogens with one attached hydrogen (secondary N) is 1. The van der Waals surface area contributed by atoms with Gasteiger partial charge in [0.05, 0.1) is 46.9 Å². The lowest BCUT2D eigenvalue weighted by Gasteiger charge is -2.17. The van der Waals surface area contributed by atoms with Crippen LogP contribution in [-0.4, -0.2) is 35.3 Å². The minimum atomic E-state index is -0.242. The molecule has 0 aromatic heterocycles. The van der Waals surface area contributed by atoms with Gasteiger partial charge in [0.2, 0.25) is 0 Å². The lowest BCUT2D eigenvalue weighted by Crippen LogP contribution is -2.16. The van der Waals surface area contributed by atoms with Crippen LogP contribution in [0.1, 0.15) is 60.3 Å². The molecule has 0 spiro atoms. The Bertz CT molecular complexity index is 1720. The summed E-state index contributed by atoms with van der Waals surface area (Å²) in [6.07, 6.45) is 14.2. The zero-order valence-electron chi connectivity index (χ0n) is 24.4. The van der Waals surface area contributed by atoms with E-state index in [1.807, 2.05) is 26.0 Å². The minimum absolute atomic E-state index is 0.0100. The molecule has 0 amide bonds. The molecule has 7 nitrogen and oxygen atoms in total. The normalized spacial score (nSPS) is 24.8. The number of ether oxygens (including phenoxy) is 1. The first-order chi connectivity index (χ1) is 19.7. The highest BCUT2D eigenvalue weighted by atomic mass is 16.5. The molecule has 8 bridgehead atoms. The maximum Gasteiger partial charge on any atom is 0.305 e. The van der Waals surface area contributed by atoms with Crippen LogP contribution in [0.25, 0.3) is 0 Å². The van der Waals surface area contributed by atoms with E-state index in [0.29, 0.717) is 25.0 Å². The van der Waals surface area contributed by atoms with Crippen LogP contribution < -0.4 is 5.32 Å². The minimum Gasteiger partial charge on any atom is -0.511 e. The largest absolute Gasteiger partial charge is 0.511 e. The van der Waals surface area contributed by atoms with E-state index in [1.54, 1.807) is 0 Å². The molecule has 2 atom stereocenters. The first-order valence-corrected chi connectivity index (χ1v) is 14.2. The van der Waals surface area contributed by atoms with Gasteiger partial charge in [0.25, 0.3) is 0 Å². The molecule has 6 aliphatic rings. The number of allylic oxidation sites excluding steroid dienone is 12. The number of hydrogen-bond acceptors (Lipinski definition) is 7. The van der Waals surface area contributed by atoms with Crippen molar-refractivity contribution in [2.24, 2.45) is 26.8 Å². The summed E-state index contributed by atoms with van der Waals surface area (Å²) in [5.41, 5.74) is 13.5. The van der Waals surface area contributed by atoms with Gasteiger partial charge in [-0.25, -0.2) is 15.0 Å². The zero-order chi connectivity index (χ0) is 29.2. The molecule has 0 aromatic carbocycles. The number of rotatable bonds is 4. The molecule has 1 aliphatic carbocycles. The summed E-state index contributed by atoms with van der Waals surface area (Å²) in [7, 11) is 1.41. The Morgan fingerprint density at radius 1 is 1.10 bits per heavy atom. The summed E-state index contributed by atoms with van der Waals surface area (Å²) in [6.45, 7) is 10.4. The number of aliphatic hydroxyl groups excluding tert-OH is 1. The van der Waals surface area contributed by atoms with Gasteiger partial charge in [0.1, 0.15) is 5.76 Å². The lowest BCUT2D eigenvalue weighted by molar-refractivity contribution is -0.140. The second kappa shape index (κ2) is 9.88. The predicted octanol–water partition coefficient (Wildman–Crippen LogP) is 6.24. The van der Waals surface area contributed by atoms with Gasteiger partial charge in [0.15, 0.2) is 0 Å². The van der Waals surface area contributed by atoms with E-state index in [9.17, 15) is 9.90 Å². The fourth-order valence-electron chi connectivity index (χ4n) is 6.66. The fourth-order valence-corrected chi connectivity index (χ4v) is 6.66. The van der Waals surface area contributed by atoms with Crippen LogP contribution in [-0.2, 0) is 9.53 Å². The van der Waals surface area contributed by atoms with Crippen molar-refractivity contribution >= 4 is 23.1 Å². The monoisotopic (exact) mass is 546 g/mol. The van der Waals surface area contributed by atoms with Crippen LogP contribution >= 0.6 is 0 Å². The molecule has 6 rings (SSSR count). The maximum absolute atomic E-state index is 12.2. The average molecular weight is 547 g/mol. The molecule has 1 fully saturated rings. The smallest absolute Gasteiger partial charge is 0.305 e. The van der Waals surface area contributed by atoms with E-state index < -0.39 is 0 Å². The molecule has 0 radical (unpaired) electrons. The van der Waals surface area contributed by atoms with Crippen molar-refractivity contribution in [3.8, 4) is 12.3 Å². The van der Waals surface area contributed by atoms with Crippen LogP contribution in [0.4, 0.5) is 0 Å². The first kappa shape index (κ1) is 26.8. The highest BCUT2D eigenvalue weighted by molar-refractivity contribution is 6.21. The first-order valence-electron chi connectivity index (χ1n) is 14.2. The summed E-state index contributed by atoms with van der Waals surface area (Å²) < 4.78 is 4.96. The molecule has 2 N–H and O–H groups in total. The molecular formula is C34H34N4O3. The Balaban J connectivity index is 1.60. The molecule has 0 unspecified atom stereocenters. The Labute approximate surface area is 241 Å². The third-order valence-corrected chi connectivity index (χ3v) is 9.08. The molecule has 5 aliphatic heterocycles. The topological polar surface area (TPSA) is 95.6 Å². The molecule has 208 valence electrons. The summed E-state index contributed by atoms with van der Waals surface area (Å²) in [4.78, 5) is 27.2. The fraction of sp³-hybridized carbons (Fsp3) is 0.353. The number of esters is 1. The SMILES string of the molecule is C#CC1=C(C)C2=NC1=CC1=NC(=CC3=C(C)C4=C(O)CC(=C5NC(=C2)[C@@H](C)[C@H]5CCC(=O)OC)C4=N3)C(CC)=C1C. The second-order valence-corrected chi connectivity index (χ2v) is 11.3. The molecule has 7 heteroatoms. The van der Waals surface area contributed by atoms with Crippen molar-refractivity contribution in [3.63, 3.8) is 0 Å². The van der Waals surface area contributed by atoms with Gasteiger partial charge in [0, 0.05) is 47.2 Å². The Kier molecular flexibility index (Phi) is 6.45. The number of nitrogens with zero attached hydrogens (tertiary/aromatic N) is 3. The van der Waals surface area contributed by atoms with Crippen LogP contribution in [0.15, 0.2) is 106 Å². The van der Waals surface area contributed by atoms with Crippen LogP contribution in [0.5, 0.6) is 0 Å². The van der Waals surface area contributed by atoms with Gasteiger partial charge in [-0.2, -0.15) is 0 Å². The summed E-state index contributed by atoms with van der Waals surface area (Å²) in [5, 5.41) is 14.8. The molecule has 0 saturated carbocycles. The van der Waals surface area contributed by atoms with Crippen molar-refractivity contribution in [1.29, 1.82) is 0 Å². The van der Waals surface area contributed by atoms with E-state index in [1.165, 1.54) is 7.11 Å². The van der Waals surface area contributed by atoms with Crippen molar-refractivity contribution in [1.82, 2.24) is 5.32 Å². The Hall–Kier alpha value is -4.44. The van der Waals surface area contributed by atoms with Crippen LogP contribution in [0.2, 0.25) is 0 Å². The average Bonchev–Trinajstić information content (AvgIpc) is 3.70. The molecular weight excluding hydrogens is 512 g/mol. The Morgan fingerprint density at radius 3 is 2.54 bits per heavy atom. The van der Waals surface area contributed by atoms with E-state index in [2.05, 4.69) is 38.1 Å². The van der Waals surface area contributed by atoms with E-state index in [4.69, 9.17) is 26.1 Å². The third kappa shape index (κ3) is 4.12. The van der Waals surface area contributed by atoms with E-state index in [0.717, 1.165) is 91.1 Å². The van der Waals surface area contributed by atoms with Crippen molar-refractivity contribution in [2.45, 2.75) is 60.3 Å². The van der Waals surface area contributed by atoms with Gasteiger partial charge in [-0.05, 0) is 74.1 Å². The summed E-state index contributed by atoms with van der Waals surface area (Å²) in [6, 6.07) is 0. The van der Waals surface area contributed by atoms with E-state index >= 15 is 0 Å². The number of carbonyl (C=O) groups excluding carboxylic acids is 1. The molecule has 5 heterocycles. The number of carbonyl (C=O) groups is 1. The van der Waals surface area contributed by atoms with Gasteiger partial charge in [-0.1, -0.05) is 19.8 Å². The van der Waals surface area contributed by atoms with Gasteiger partial charge in [-0.3, -0.25) is 4.79 Å². The lowest BCUT2D eigenvalue weighted by atomic mass is 9.86. The number of aliphatic hydroxyl groups is 1. The van der Waals surface area contributed by atoms with Crippen LogP contribution in [0.3, 0.4) is 0 Å². The molecule has 41 heavy (non-hydrogen) atoms. The van der Waals surface area contributed by atoms with Gasteiger partial charge >= 0.3 is 5.97 Å². The van der Waals surface area contributed by atoms with E-state index in [-0.39, 0.29) is 17.8 Å². The summed E-state index contributed by atoms with van der Waals surface area (Å²) >= 11 is 0. The Morgan fingerprint density at radius 2 is 1.83 bits per heavy atom. The van der Waals surface area contributed by atoms with Crippen molar-refractivity contribution < 1.29 is 14.6 Å². The quantitative estimate of drug-likeness (QED) is 0.322. The standard InChI is InChI=1S/C34H34N4O3/c1-8-20-16(3)24-13-26-18(5)22(10-11-31(40)41-7)33(37-26)23-12-30(39)32-19(6)27(38-34(23)32)15-29-21(9-2)17(4)25(36-29)14-28(20)35-24/h1,13-15,18,22,37,39H,9-12H2,2-7H3/t18-,22+/m0/s1. The number of methoxy groups -OCH3 is 1. The predicted molar refractivity (Wildman–Crippen MR) is 162 cm³/mol. The highest BCUT2D eigenvalue weighted by Gasteiger charge is 2.41. The zero-order valence-corrected chi connectivity index (χ0v) is 24.4. The maximum atomic E-state index is 12.2.